The SMILES string of the molecule is Cn1cc(C(=O)NCC2CCN(C(=O)c3ccc(N4CCCCC4=O)cc3)CC2)cn1. The second kappa shape index (κ2) is 9.32. The highest BCUT2D eigenvalue weighted by atomic mass is 16.2. The molecule has 8 heteroatoms. The van der Waals surface area contributed by atoms with Crippen molar-refractivity contribution in [3.05, 3.63) is 47.8 Å². The van der Waals surface area contributed by atoms with E-state index in [0.29, 0.717) is 43.1 Å². The molecule has 0 aliphatic carbocycles. The van der Waals surface area contributed by atoms with Crippen molar-refractivity contribution in [1.82, 2.24) is 20.0 Å². The second-order valence-corrected chi connectivity index (χ2v) is 8.40. The van der Waals surface area contributed by atoms with Crippen molar-refractivity contribution in [2.24, 2.45) is 13.0 Å². The highest BCUT2D eigenvalue weighted by Gasteiger charge is 2.25. The molecule has 1 aromatic heterocycles. The van der Waals surface area contributed by atoms with Crippen LogP contribution in [0.1, 0.15) is 52.8 Å². The minimum absolute atomic E-state index is 0.0226. The minimum atomic E-state index is -0.112. The van der Waals surface area contributed by atoms with Crippen LogP contribution in [-0.2, 0) is 11.8 Å². The number of amides is 3. The Morgan fingerprint density at radius 1 is 1.06 bits per heavy atom. The van der Waals surface area contributed by atoms with E-state index in [9.17, 15) is 14.4 Å². The minimum Gasteiger partial charge on any atom is -0.352 e. The Bertz CT molecular complexity index is 944. The number of aryl methyl sites for hydroxylation is 1. The number of benzene rings is 1. The average Bonchev–Trinajstić information content (AvgIpc) is 3.24. The number of carbonyl (C=O) groups excluding carboxylic acids is 3. The third-order valence-corrected chi connectivity index (χ3v) is 6.17. The first-order chi connectivity index (χ1) is 15.0. The van der Waals surface area contributed by atoms with Gasteiger partial charge in [0.1, 0.15) is 0 Å². The van der Waals surface area contributed by atoms with E-state index in [1.54, 1.807) is 24.1 Å². The summed E-state index contributed by atoms with van der Waals surface area (Å²) in [5.74, 6) is 0.424. The zero-order chi connectivity index (χ0) is 21.8. The second-order valence-electron chi connectivity index (χ2n) is 8.40. The lowest BCUT2D eigenvalue weighted by Crippen LogP contribution is -2.41. The molecule has 1 aromatic carbocycles. The van der Waals surface area contributed by atoms with Crippen molar-refractivity contribution in [2.45, 2.75) is 32.1 Å². The summed E-state index contributed by atoms with van der Waals surface area (Å²) in [5.41, 5.74) is 2.07. The molecule has 31 heavy (non-hydrogen) atoms. The smallest absolute Gasteiger partial charge is 0.254 e. The lowest BCUT2D eigenvalue weighted by atomic mass is 9.96. The number of likely N-dealkylation sites (tertiary alicyclic amines) is 1. The number of piperidine rings is 2. The molecule has 4 rings (SSSR count). The summed E-state index contributed by atoms with van der Waals surface area (Å²) in [5, 5.41) is 6.99. The maximum Gasteiger partial charge on any atom is 0.254 e. The van der Waals surface area contributed by atoms with Crippen molar-refractivity contribution in [2.75, 3.05) is 31.1 Å². The summed E-state index contributed by atoms with van der Waals surface area (Å²) >= 11 is 0. The first-order valence-electron chi connectivity index (χ1n) is 11.0. The molecule has 0 atom stereocenters. The molecule has 2 aliphatic rings. The molecule has 8 nitrogen and oxygen atoms in total. The van der Waals surface area contributed by atoms with Crippen molar-refractivity contribution in [1.29, 1.82) is 0 Å². The van der Waals surface area contributed by atoms with Crippen LogP contribution in [0, 0.1) is 5.92 Å². The molecule has 3 heterocycles. The normalized spacial score (nSPS) is 17.6. The summed E-state index contributed by atoms with van der Waals surface area (Å²) < 4.78 is 1.61. The van der Waals surface area contributed by atoms with Gasteiger partial charge in [0.05, 0.1) is 11.8 Å². The molecule has 2 saturated heterocycles. The molecule has 2 aliphatic heterocycles. The predicted molar refractivity (Wildman–Crippen MR) is 117 cm³/mol. The van der Waals surface area contributed by atoms with Crippen molar-refractivity contribution in [3.63, 3.8) is 0 Å². The molecule has 0 bridgehead atoms. The Labute approximate surface area is 182 Å². The van der Waals surface area contributed by atoms with Crippen molar-refractivity contribution < 1.29 is 14.4 Å². The quantitative estimate of drug-likeness (QED) is 0.799. The third-order valence-electron chi connectivity index (χ3n) is 6.17. The van der Waals surface area contributed by atoms with Gasteiger partial charge in [0, 0.05) is 57.1 Å². The van der Waals surface area contributed by atoms with Crippen LogP contribution in [0.4, 0.5) is 5.69 Å². The Morgan fingerprint density at radius 3 is 2.45 bits per heavy atom. The van der Waals surface area contributed by atoms with Gasteiger partial charge in [0.2, 0.25) is 5.91 Å². The molecule has 0 radical (unpaired) electrons. The van der Waals surface area contributed by atoms with Gasteiger partial charge in [0.25, 0.3) is 11.8 Å². The number of hydrogen-bond acceptors (Lipinski definition) is 4. The van der Waals surface area contributed by atoms with Crippen LogP contribution < -0.4 is 10.2 Å². The first kappa shape index (κ1) is 21.1. The molecule has 0 spiro atoms. The van der Waals surface area contributed by atoms with E-state index in [-0.39, 0.29) is 17.7 Å². The molecule has 2 aromatic rings. The lowest BCUT2D eigenvalue weighted by molar-refractivity contribution is -0.119. The van der Waals surface area contributed by atoms with Gasteiger partial charge in [-0.2, -0.15) is 5.10 Å². The highest BCUT2D eigenvalue weighted by Crippen LogP contribution is 2.23. The van der Waals surface area contributed by atoms with Gasteiger partial charge in [0.15, 0.2) is 0 Å². The number of nitrogens with one attached hydrogen (secondary N) is 1. The van der Waals surface area contributed by atoms with Crippen LogP contribution in [0.5, 0.6) is 0 Å². The standard InChI is InChI=1S/C23H29N5O3/c1-26-16-19(15-25-26)22(30)24-14-17-9-12-27(13-10-17)23(31)18-5-7-20(8-6-18)28-11-3-2-4-21(28)29/h5-8,15-17H,2-4,9-14H2,1H3,(H,24,30). The number of hydrogen-bond donors (Lipinski definition) is 1. The van der Waals surface area contributed by atoms with Gasteiger partial charge in [-0.1, -0.05) is 0 Å². The predicted octanol–water partition coefficient (Wildman–Crippen LogP) is 2.22. The fraction of sp³-hybridized carbons (Fsp3) is 0.478. The van der Waals surface area contributed by atoms with Crippen molar-refractivity contribution in [3.8, 4) is 0 Å². The van der Waals surface area contributed by atoms with Gasteiger partial charge in [-0.15, -0.1) is 0 Å². The number of rotatable bonds is 5. The van der Waals surface area contributed by atoms with Gasteiger partial charge >= 0.3 is 0 Å². The molecule has 2 fully saturated rings. The average molecular weight is 424 g/mol. The van der Waals surface area contributed by atoms with E-state index in [1.165, 1.54) is 0 Å². The summed E-state index contributed by atoms with van der Waals surface area (Å²) in [4.78, 5) is 40.8. The molecule has 0 unspecified atom stereocenters. The summed E-state index contributed by atoms with van der Waals surface area (Å²) in [6.07, 6.45) is 7.54. The number of nitrogens with zero attached hydrogens (tertiary/aromatic N) is 4. The molecule has 3 amide bonds. The number of aromatic nitrogens is 2. The van der Waals surface area contributed by atoms with E-state index in [2.05, 4.69) is 10.4 Å². The van der Waals surface area contributed by atoms with Gasteiger partial charge in [-0.05, 0) is 55.9 Å². The van der Waals surface area contributed by atoms with E-state index in [0.717, 1.165) is 37.9 Å². The Morgan fingerprint density at radius 2 is 1.81 bits per heavy atom. The summed E-state index contributed by atoms with van der Waals surface area (Å²) in [6, 6.07) is 7.38. The molecule has 164 valence electrons. The lowest BCUT2D eigenvalue weighted by Gasteiger charge is -2.32. The van der Waals surface area contributed by atoms with Crippen molar-refractivity contribution >= 4 is 23.4 Å². The van der Waals surface area contributed by atoms with Crippen LogP contribution in [0.25, 0.3) is 0 Å². The fourth-order valence-corrected chi connectivity index (χ4v) is 4.26. The van der Waals surface area contributed by atoms with E-state index >= 15 is 0 Å². The van der Waals surface area contributed by atoms with Crippen LogP contribution in [0.3, 0.4) is 0 Å². The van der Waals surface area contributed by atoms with Crippen LogP contribution in [-0.4, -0.2) is 58.6 Å². The number of anilines is 1. The van der Waals surface area contributed by atoms with Gasteiger partial charge < -0.3 is 15.1 Å². The molecule has 1 N–H and O–H groups in total. The first-order valence-corrected chi connectivity index (χ1v) is 11.0. The Hall–Kier alpha value is -3.16. The van der Waals surface area contributed by atoms with Gasteiger partial charge in [-0.3, -0.25) is 19.1 Å². The maximum atomic E-state index is 12.9. The molecular formula is C23H29N5O3. The molecular weight excluding hydrogens is 394 g/mol. The Kier molecular flexibility index (Phi) is 6.34. The summed E-state index contributed by atoms with van der Waals surface area (Å²) in [6.45, 7) is 2.71. The number of carbonyl (C=O) groups is 3. The van der Waals surface area contributed by atoms with Crippen LogP contribution in [0.15, 0.2) is 36.7 Å². The largest absolute Gasteiger partial charge is 0.352 e. The summed E-state index contributed by atoms with van der Waals surface area (Å²) in [7, 11) is 1.78. The monoisotopic (exact) mass is 423 g/mol. The van der Waals surface area contributed by atoms with Crippen LogP contribution >= 0.6 is 0 Å². The third kappa shape index (κ3) is 4.95. The maximum absolute atomic E-state index is 12.9. The highest BCUT2D eigenvalue weighted by molar-refractivity contribution is 5.97. The van der Waals surface area contributed by atoms with E-state index < -0.39 is 0 Å². The van der Waals surface area contributed by atoms with E-state index in [1.807, 2.05) is 34.1 Å². The zero-order valence-corrected chi connectivity index (χ0v) is 17.9. The zero-order valence-electron chi connectivity index (χ0n) is 17.9. The Balaban J connectivity index is 1.26. The van der Waals surface area contributed by atoms with Crippen LogP contribution in [0.2, 0.25) is 0 Å². The topological polar surface area (TPSA) is 87.5 Å². The fourth-order valence-electron chi connectivity index (χ4n) is 4.26. The van der Waals surface area contributed by atoms with E-state index in [4.69, 9.17) is 0 Å². The van der Waals surface area contributed by atoms with Gasteiger partial charge in [-0.25, -0.2) is 0 Å². The molecule has 0 saturated carbocycles.